The van der Waals surface area contributed by atoms with Crippen molar-refractivity contribution in [2.24, 2.45) is 5.73 Å². The number of nitrogens with zero attached hydrogens (tertiary/aromatic N) is 4. The van der Waals surface area contributed by atoms with Crippen LogP contribution in [0.2, 0.25) is 0 Å². The van der Waals surface area contributed by atoms with Gasteiger partial charge in [0.2, 0.25) is 0 Å². The second-order valence-corrected chi connectivity index (χ2v) is 7.52. The van der Waals surface area contributed by atoms with Gasteiger partial charge < -0.3 is 36.1 Å². The van der Waals surface area contributed by atoms with E-state index in [1.165, 1.54) is 28.9 Å². The lowest BCUT2D eigenvalue weighted by Gasteiger charge is -2.17. The van der Waals surface area contributed by atoms with E-state index in [9.17, 15) is 20.3 Å². The second kappa shape index (κ2) is 8.29. The van der Waals surface area contributed by atoms with E-state index in [-0.39, 0.29) is 17.8 Å². The molecule has 0 radical (unpaired) electrons. The summed E-state index contributed by atoms with van der Waals surface area (Å²) in [7, 11) is 0. The molecule has 0 amide bonds. The van der Waals surface area contributed by atoms with E-state index in [1.54, 1.807) is 0 Å². The number of ether oxygens (including phenoxy) is 1. The summed E-state index contributed by atoms with van der Waals surface area (Å²) in [6, 6.07) is 1.07. The highest BCUT2D eigenvalue weighted by atomic mass is 32.2. The number of aliphatic hydroxyl groups excluding tert-OH is 2. The normalized spacial score (nSPS) is 25.6. The molecule has 2 aromatic rings. The van der Waals surface area contributed by atoms with Crippen LogP contribution < -0.4 is 11.5 Å². The summed E-state index contributed by atoms with van der Waals surface area (Å²) in [5.41, 5.74) is 11.8. The molecule has 7 N–H and O–H groups in total. The average molecular weight is 408 g/mol. The Kier molecular flexibility index (Phi) is 6.01. The van der Waals surface area contributed by atoms with E-state index in [4.69, 9.17) is 21.3 Å². The Hall–Kier alpha value is -2.43. The lowest BCUT2D eigenvalue weighted by molar-refractivity contribution is -0.138. The number of aromatic nitrogens is 3. The van der Waals surface area contributed by atoms with Gasteiger partial charge in [0.25, 0.3) is 0 Å². The summed E-state index contributed by atoms with van der Waals surface area (Å²) >= 11 is 1.37. The highest BCUT2D eigenvalue weighted by Gasteiger charge is 2.44. The molecular formula is C16H20N6O5S. The lowest BCUT2D eigenvalue weighted by atomic mass is 10.1. The van der Waals surface area contributed by atoms with Crippen molar-refractivity contribution in [3.05, 3.63) is 18.1 Å². The van der Waals surface area contributed by atoms with E-state index in [2.05, 4.69) is 9.97 Å². The largest absolute Gasteiger partial charge is 0.480 e. The molecule has 0 aromatic carbocycles. The predicted molar refractivity (Wildman–Crippen MR) is 100 cm³/mol. The SMILES string of the molecule is N#Cc1cn([C@@H]2O[C@H](CSCC[C@H](N)C(=O)O)[C@@H](O)[C@H]2O)c2ncnc(N)c12. The van der Waals surface area contributed by atoms with Crippen LogP contribution in [0.1, 0.15) is 18.2 Å². The Balaban J connectivity index is 1.73. The molecule has 5 atom stereocenters. The van der Waals surface area contributed by atoms with Gasteiger partial charge in [0.1, 0.15) is 42.1 Å². The van der Waals surface area contributed by atoms with Crippen molar-refractivity contribution in [1.82, 2.24) is 14.5 Å². The van der Waals surface area contributed by atoms with Crippen molar-refractivity contribution in [2.45, 2.75) is 37.0 Å². The maximum atomic E-state index is 10.7. The summed E-state index contributed by atoms with van der Waals surface area (Å²) in [5.74, 6) is -0.129. The van der Waals surface area contributed by atoms with Crippen LogP contribution in [0.25, 0.3) is 11.0 Å². The van der Waals surface area contributed by atoms with Crippen LogP contribution in [0.5, 0.6) is 0 Å². The van der Waals surface area contributed by atoms with Crippen LogP contribution >= 0.6 is 11.8 Å². The molecule has 1 aliphatic rings. The predicted octanol–water partition coefficient (Wildman–Crippen LogP) is -0.960. The summed E-state index contributed by atoms with van der Waals surface area (Å²) in [6.07, 6.45) is -1.07. The molecule has 0 aliphatic carbocycles. The van der Waals surface area contributed by atoms with Crippen molar-refractivity contribution in [3.8, 4) is 6.07 Å². The van der Waals surface area contributed by atoms with Gasteiger partial charge in [0.15, 0.2) is 6.23 Å². The molecule has 1 fully saturated rings. The Morgan fingerprint density at radius 3 is 2.86 bits per heavy atom. The van der Waals surface area contributed by atoms with Gasteiger partial charge in [0, 0.05) is 11.9 Å². The van der Waals surface area contributed by atoms with E-state index in [0.717, 1.165) is 0 Å². The number of hydrogen-bond donors (Lipinski definition) is 5. The zero-order chi connectivity index (χ0) is 20.4. The van der Waals surface area contributed by atoms with Crippen LogP contribution in [0, 0.1) is 11.3 Å². The number of aliphatic carboxylic acids is 1. The fourth-order valence-corrected chi connectivity index (χ4v) is 4.11. The van der Waals surface area contributed by atoms with Gasteiger partial charge in [-0.3, -0.25) is 4.79 Å². The van der Waals surface area contributed by atoms with E-state index < -0.39 is 36.6 Å². The van der Waals surface area contributed by atoms with Gasteiger partial charge in [-0.2, -0.15) is 17.0 Å². The number of hydrogen-bond acceptors (Lipinski definition) is 10. The quantitative estimate of drug-likeness (QED) is 0.354. The first kappa shape index (κ1) is 20.3. The minimum Gasteiger partial charge on any atom is -0.480 e. The number of nitrogens with two attached hydrogens (primary N) is 2. The number of rotatable bonds is 7. The number of nitriles is 1. The first-order chi connectivity index (χ1) is 13.3. The van der Waals surface area contributed by atoms with Crippen LogP contribution in [0.4, 0.5) is 5.82 Å². The Labute approximate surface area is 163 Å². The number of thioether (sulfide) groups is 1. The van der Waals surface area contributed by atoms with Gasteiger partial charge in [-0.25, -0.2) is 9.97 Å². The Bertz CT molecular complexity index is 915. The van der Waals surface area contributed by atoms with Gasteiger partial charge in [-0.1, -0.05) is 0 Å². The summed E-state index contributed by atoms with van der Waals surface area (Å²) in [5, 5.41) is 39.3. The number of carbonyl (C=O) groups is 1. The molecule has 28 heavy (non-hydrogen) atoms. The molecule has 0 bridgehead atoms. The van der Waals surface area contributed by atoms with Crippen molar-refractivity contribution in [3.63, 3.8) is 0 Å². The number of aliphatic hydroxyl groups is 2. The third kappa shape index (κ3) is 3.75. The zero-order valence-corrected chi connectivity index (χ0v) is 15.5. The smallest absolute Gasteiger partial charge is 0.320 e. The van der Waals surface area contributed by atoms with Gasteiger partial charge in [-0.05, 0) is 12.2 Å². The molecule has 12 heteroatoms. The molecular weight excluding hydrogens is 388 g/mol. The fraction of sp³-hybridized carbons (Fsp3) is 0.500. The van der Waals surface area contributed by atoms with Crippen LogP contribution in [-0.4, -0.2) is 71.7 Å². The molecule has 11 nitrogen and oxygen atoms in total. The van der Waals surface area contributed by atoms with Crippen molar-refractivity contribution >= 4 is 34.6 Å². The number of carboxylic acids is 1. The second-order valence-electron chi connectivity index (χ2n) is 6.37. The molecule has 1 aliphatic heterocycles. The minimum absolute atomic E-state index is 0.134. The number of anilines is 1. The minimum atomic E-state index is -1.25. The van der Waals surface area contributed by atoms with E-state index in [1.807, 2.05) is 6.07 Å². The summed E-state index contributed by atoms with van der Waals surface area (Å²) in [4.78, 5) is 18.7. The molecule has 1 saturated heterocycles. The van der Waals surface area contributed by atoms with Crippen molar-refractivity contribution in [2.75, 3.05) is 17.2 Å². The molecule has 150 valence electrons. The monoisotopic (exact) mass is 408 g/mol. The summed E-state index contributed by atoms with van der Waals surface area (Å²) in [6.45, 7) is 0. The lowest BCUT2D eigenvalue weighted by Crippen LogP contribution is -2.33. The Morgan fingerprint density at radius 1 is 1.43 bits per heavy atom. The highest BCUT2D eigenvalue weighted by Crippen LogP contribution is 2.35. The highest BCUT2D eigenvalue weighted by molar-refractivity contribution is 7.99. The molecule has 3 rings (SSSR count). The van der Waals surface area contributed by atoms with Gasteiger partial charge >= 0.3 is 5.97 Å². The van der Waals surface area contributed by atoms with Crippen LogP contribution in [0.15, 0.2) is 12.5 Å². The fourth-order valence-electron chi connectivity index (χ4n) is 3.02. The number of nitrogen functional groups attached to an aromatic ring is 1. The van der Waals surface area contributed by atoms with Crippen molar-refractivity contribution < 1.29 is 24.9 Å². The van der Waals surface area contributed by atoms with Crippen molar-refractivity contribution in [1.29, 1.82) is 5.26 Å². The first-order valence-corrected chi connectivity index (χ1v) is 9.59. The third-order valence-corrected chi connectivity index (χ3v) is 5.63. The molecule has 0 unspecified atom stereocenters. The van der Waals surface area contributed by atoms with Gasteiger partial charge in [0.05, 0.1) is 17.1 Å². The van der Waals surface area contributed by atoms with Crippen LogP contribution in [0.3, 0.4) is 0 Å². The van der Waals surface area contributed by atoms with Crippen LogP contribution in [-0.2, 0) is 9.53 Å². The van der Waals surface area contributed by atoms with E-state index >= 15 is 0 Å². The summed E-state index contributed by atoms with van der Waals surface area (Å²) < 4.78 is 7.28. The van der Waals surface area contributed by atoms with E-state index in [0.29, 0.717) is 22.5 Å². The maximum absolute atomic E-state index is 10.7. The first-order valence-electron chi connectivity index (χ1n) is 8.44. The number of carboxylic acid groups (broad SMARTS) is 1. The average Bonchev–Trinajstić information content (AvgIpc) is 3.18. The standard InChI is InChI=1S/C16H20N6O5S/c17-3-7-4-22(14-10(7)13(19)20-6-21-14)15-12(24)11(23)9(27-15)5-28-2-1-8(18)16(25)26/h4,6,8-9,11-12,15,23-24H,1-2,5,18H2,(H,25,26)(H2,19,20,21)/t8-,9+,11+,12+,15+/m0/s1. The zero-order valence-electron chi connectivity index (χ0n) is 14.7. The molecule has 0 spiro atoms. The molecule has 0 saturated carbocycles. The number of fused-ring (bicyclic) bond motifs is 1. The molecule has 2 aromatic heterocycles. The maximum Gasteiger partial charge on any atom is 0.320 e. The molecule has 3 heterocycles. The third-order valence-electron chi connectivity index (χ3n) is 4.54. The Morgan fingerprint density at radius 2 is 2.18 bits per heavy atom. The topological polar surface area (TPSA) is 194 Å². The van der Waals surface area contributed by atoms with Gasteiger partial charge in [-0.15, -0.1) is 0 Å².